The molecule has 16 heavy (non-hydrogen) atoms. The topological polar surface area (TPSA) is 45.0 Å². The third-order valence-electron chi connectivity index (χ3n) is 2.06. The van der Waals surface area contributed by atoms with Gasteiger partial charge in [-0.1, -0.05) is 6.92 Å². The van der Waals surface area contributed by atoms with Crippen molar-refractivity contribution in [3.05, 3.63) is 21.9 Å². The first-order valence-corrected chi connectivity index (χ1v) is 6.45. The standard InChI is InChI=1S/C12H18N2OS/c1-2-7-15-8-3-6-14-10-12-5-4-11(9-13)16-12/h4-5,14H,2-3,6-8,10H2,1H3. The van der Waals surface area contributed by atoms with Crippen molar-refractivity contribution < 1.29 is 4.74 Å². The van der Waals surface area contributed by atoms with Gasteiger partial charge in [-0.25, -0.2) is 0 Å². The molecule has 1 aromatic heterocycles. The largest absolute Gasteiger partial charge is 0.381 e. The molecule has 1 rings (SSSR count). The summed E-state index contributed by atoms with van der Waals surface area (Å²) in [5.41, 5.74) is 0. The fourth-order valence-electron chi connectivity index (χ4n) is 1.29. The zero-order chi connectivity index (χ0) is 11.6. The van der Waals surface area contributed by atoms with Gasteiger partial charge in [-0.15, -0.1) is 11.3 Å². The quantitative estimate of drug-likeness (QED) is 0.708. The molecule has 0 unspecified atom stereocenters. The van der Waals surface area contributed by atoms with Crippen LogP contribution in [0.5, 0.6) is 0 Å². The highest BCUT2D eigenvalue weighted by molar-refractivity contribution is 7.12. The number of hydrogen-bond donors (Lipinski definition) is 1. The SMILES string of the molecule is CCCOCCCNCc1ccc(C#N)s1. The number of hydrogen-bond acceptors (Lipinski definition) is 4. The van der Waals surface area contributed by atoms with E-state index in [1.165, 1.54) is 4.88 Å². The van der Waals surface area contributed by atoms with Crippen LogP contribution in [0.4, 0.5) is 0 Å². The third kappa shape index (κ3) is 5.26. The van der Waals surface area contributed by atoms with Gasteiger partial charge in [-0.05, 0) is 31.5 Å². The minimum Gasteiger partial charge on any atom is -0.381 e. The first kappa shape index (κ1) is 13.2. The Bertz CT molecular complexity index is 330. The molecular weight excluding hydrogens is 220 g/mol. The summed E-state index contributed by atoms with van der Waals surface area (Å²) in [6.07, 6.45) is 2.12. The van der Waals surface area contributed by atoms with E-state index in [4.69, 9.17) is 10.00 Å². The van der Waals surface area contributed by atoms with E-state index < -0.39 is 0 Å². The number of ether oxygens (including phenoxy) is 1. The van der Waals surface area contributed by atoms with Crippen LogP contribution >= 0.6 is 11.3 Å². The van der Waals surface area contributed by atoms with Gasteiger partial charge in [-0.3, -0.25) is 0 Å². The lowest BCUT2D eigenvalue weighted by Crippen LogP contribution is -2.15. The smallest absolute Gasteiger partial charge is 0.110 e. The van der Waals surface area contributed by atoms with E-state index in [2.05, 4.69) is 18.3 Å². The van der Waals surface area contributed by atoms with E-state index in [0.717, 1.165) is 44.0 Å². The zero-order valence-electron chi connectivity index (χ0n) is 9.66. The van der Waals surface area contributed by atoms with Crippen molar-refractivity contribution in [1.29, 1.82) is 5.26 Å². The summed E-state index contributed by atoms with van der Waals surface area (Å²) in [6.45, 7) is 5.61. The van der Waals surface area contributed by atoms with Gasteiger partial charge in [-0.2, -0.15) is 5.26 Å². The first-order valence-electron chi connectivity index (χ1n) is 5.64. The van der Waals surface area contributed by atoms with Crippen LogP contribution in [0, 0.1) is 11.3 Å². The summed E-state index contributed by atoms with van der Waals surface area (Å²) in [5, 5.41) is 12.0. The number of nitrogens with one attached hydrogen (secondary N) is 1. The van der Waals surface area contributed by atoms with E-state index in [-0.39, 0.29) is 0 Å². The molecule has 1 N–H and O–H groups in total. The molecule has 0 spiro atoms. The van der Waals surface area contributed by atoms with Crippen LogP contribution in [0.25, 0.3) is 0 Å². The van der Waals surface area contributed by atoms with Gasteiger partial charge in [0.05, 0.1) is 0 Å². The summed E-state index contributed by atoms with van der Waals surface area (Å²) < 4.78 is 5.38. The van der Waals surface area contributed by atoms with Crippen LogP contribution in [0.2, 0.25) is 0 Å². The lowest BCUT2D eigenvalue weighted by molar-refractivity contribution is 0.132. The van der Waals surface area contributed by atoms with Crippen molar-refractivity contribution in [2.75, 3.05) is 19.8 Å². The molecule has 0 amide bonds. The molecule has 1 aromatic rings. The monoisotopic (exact) mass is 238 g/mol. The Kier molecular flexibility index (Phi) is 6.82. The average molecular weight is 238 g/mol. The fourth-order valence-corrected chi connectivity index (χ4v) is 2.06. The van der Waals surface area contributed by atoms with Gasteiger partial charge in [0, 0.05) is 24.6 Å². The fraction of sp³-hybridized carbons (Fsp3) is 0.583. The zero-order valence-corrected chi connectivity index (χ0v) is 10.5. The predicted molar refractivity (Wildman–Crippen MR) is 66.5 cm³/mol. The van der Waals surface area contributed by atoms with Gasteiger partial charge in [0.15, 0.2) is 0 Å². The van der Waals surface area contributed by atoms with Crippen LogP contribution in [0.15, 0.2) is 12.1 Å². The lowest BCUT2D eigenvalue weighted by atomic mass is 10.4. The van der Waals surface area contributed by atoms with Crippen LogP contribution in [0.3, 0.4) is 0 Å². The van der Waals surface area contributed by atoms with Gasteiger partial charge < -0.3 is 10.1 Å². The van der Waals surface area contributed by atoms with Crippen LogP contribution < -0.4 is 5.32 Å². The Hall–Kier alpha value is -0.890. The average Bonchev–Trinajstić information content (AvgIpc) is 2.76. The number of thiophene rings is 1. The molecular formula is C12H18N2OS. The van der Waals surface area contributed by atoms with Gasteiger partial charge in [0.1, 0.15) is 10.9 Å². The van der Waals surface area contributed by atoms with Crippen molar-refractivity contribution in [2.45, 2.75) is 26.3 Å². The molecule has 0 saturated heterocycles. The summed E-state index contributed by atoms with van der Waals surface area (Å²) in [4.78, 5) is 1.99. The molecule has 0 radical (unpaired) electrons. The maximum atomic E-state index is 8.67. The van der Waals surface area contributed by atoms with Crippen molar-refractivity contribution in [1.82, 2.24) is 5.32 Å². The molecule has 0 aliphatic heterocycles. The molecule has 0 atom stereocenters. The Balaban J connectivity index is 2.01. The van der Waals surface area contributed by atoms with E-state index in [0.29, 0.717) is 0 Å². The van der Waals surface area contributed by atoms with Crippen molar-refractivity contribution in [2.24, 2.45) is 0 Å². The lowest BCUT2D eigenvalue weighted by Gasteiger charge is -2.03. The second-order valence-electron chi connectivity index (χ2n) is 3.52. The maximum absolute atomic E-state index is 8.67. The molecule has 0 aliphatic rings. The van der Waals surface area contributed by atoms with E-state index in [9.17, 15) is 0 Å². The molecule has 1 heterocycles. The Morgan fingerprint density at radius 2 is 2.31 bits per heavy atom. The molecule has 88 valence electrons. The predicted octanol–water partition coefficient (Wildman–Crippen LogP) is 2.53. The Morgan fingerprint density at radius 3 is 3.00 bits per heavy atom. The second kappa shape index (κ2) is 8.28. The first-order chi connectivity index (χ1) is 7.86. The Labute approximate surface area is 101 Å². The van der Waals surface area contributed by atoms with Gasteiger partial charge >= 0.3 is 0 Å². The van der Waals surface area contributed by atoms with Crippen molar-refractivity contribution >= 4 is 11.3 Å². The van der Waals surface area contributed by atoms with Crippen LogP contribution in [-0.2, 0) is 11.3 Å². The molecule has 0 aliphatic carbocycles. The second-order valence-corrected chi connectivity index (χ2v) is 4.69. The number of nitriles is 1. The van der Waals surface area contributed by atoms with Gasteiger partial charge in [0.2, 0.25) is 0 Å². The maximum Gasteiger partial charge on any atom is 0.110 e. The summed E-state index contributed by atoms with van der Waals surface area (Å²) in [7, 11) is 0. The van der Waals surface area contributed by atoms with Crippen molar-refractivity contribution in [3.63, 3.8) is 0 Å². The van der Waals surface area contributed by atoms with Crippen molar-refractivity contribution in [3.8, 4) is 6.07 Å². The van der Waals surface area contributed by atoms with E-state index >= 15 is 0 Å². The number of nitrogens with zero attached hydrogens (tertiary/aromatic N) is 1. The minimum atomic E-state index is 0.781. The molecule has 0 saturated carbocycles. The summed E-state index contributed by atoms with van der Waals surface area (Å²) >= 11 is 1.55. The molecule has 3 nitrogen and oxygen atoms in total. The summed E-state index contributed by atoms with van der Waals surface area (Å²) in [5.74, 6) is 0. The molecule has 0 fully saturated rings. The van der Waals surface area contributed by atoms with E-state index in [1.807, 2.05) is 12.1 Å². The Morgan fingerprint density at radius 1 is 1.44 bits per heavy atom. The molecule has 4 heteroatoms. The van der Waals surface area contributed by atoms with E-state index in [1.54, 1.807) is 11.3 Å². The molecule has 0 aromatic carbocycles. The normalized spacial score (nSPS) is 10.2. The summed E-state index contributed by atoms with van der Waals surface area (Å²) in [6, 6.07) is 6.01. The molecule has 0 bridgehead atoms. The van der Waals surface area contributed by atoms with Crippen LogP contribution in [0.1, 0.15) is 29.5 Å². The van der Waals surface area contributed by atoms with Crippen LogP contribution in [-0.4, -0.2) is 19.8 Å². The number of rotatable bonds is 8. The highest BCUT2D eigenvalue weighted by atomic mass is 32.1. The minimum absolute atomic E-state index is 0.781. The highest BCUT2D eigenvalue weighted by Gasteiger charge is 1.98. The third-order valence-corrected chi connectivity index (χ3v) is 3.05. The highest BCUT2D eigenvalue weighted by Crippen LogP contribution is 2.14. The van der Waals surface area contributed by atoms with Gasteiger partial charge in [0.25, 0.3) is 0 Å².